The van der Waals surface area contributed by atoms with Gasteiger partial charge in [0.15, 0.2) is 5.96 Å². The standard InChI is InChI=1S/C18H32N4/c1-6-15(3)21-18(19-7-2)20-14-17(22(4)5)13-16-11-9-8-10-12-16/h8-12,15,17H,6-7,13-14H2,1-5H3,(H2,19,20,21). The highest BCUT2D eigenvalue weighted by Crippen LogP contribution is 2.07. The SMILES string of the molecule is CCNC(=NCC(Cc1ccccc1)N(C)C)NC(C)CC. The molecule has 0 heterocycles. The molecular formula is C18H32N4. The number of aliphatic imine (C=N–C) groups is 1. The molecule has 0 spiro atoms. The van der Waals surface area contributed by atoms with Crippen LogP contribution < -0.4 is 10.6 Å². The fraction of sp³-hybridized carbons (Fsp3) is 0.611. The molecule has 0 bridgehead atoms. The van der Waals surface area contributed by atoms with Crippen LogP contribution in [0.2, 0.25) is 0 Å². The van der Waals surface area contributed by atoms with Crippen LogP contribution in [0.4, 0.5) is 0 Å². The molecule has 0 saturated heterocycles. The van der Waals surface area contributed by atoms with Crippen LogP contribution in [0, 0.1) is 0 Å². The second-order valence-electron chi connectivity index (χ2n) is 5.98. The predicted octanol–water partition coefficient (Wildman–Crippen LogP) is 2.51. The molecule has 124 valence electrons. The fourth-order valence-corrected chi connectivity index (χ4v) is 2.15. The van der Waals surface area contributed by atoms with E-state index in [9.17, 15) is 0 Å². The van der Waals surface area contributed by atoms with Crippen molar-refractivity contribution >= 4 is 5.96 Å². The normalized spacial score (nSPS) is 14.7. The van der Waals surface area contributed by atoms with Gasteiger partial charge in [-0.2, -0.15) is 0 Å². The molecule has 0 aliphatic rings. The maximum absolute atomic E-state index is 4.77. The fourth-order valence-electron chi connectivity index (χ4n) is 2.15. The summed E-state index contributed by atoms with van der Waals surface area (Å²) in [6.07, 6.45) is 2.10. The van der Waals surface area contributed by atoms with Gasteiger partial charge in [0.2, 0.25) is 0 Å². The number of likely N-dealkylation sites (N-methyl/N-ethyl adjacent to an activating group) is 1. The Kier molecular flexibility index (Phi) is 8.60. The van der Waals surface area contributed by atoms with Crippen LogP contribution >= 0.6 is 0 Å². The first-order valence-corrected chi connectivity index (χ1v) is 8.32. The van der Waals surface area contributed by atoms with Crippen molar-refractivity contribution in [2.24, 2.45) is 4.99 Å². The summed E-state index contributed by atoms with van der Waals surface area (Å²) in [6.45, 7) is 8.13. The van der Waals surface area contributed by atoms with E-state index in [4.69, 9.17) is 4.99 Å². The Morgan fingerprint density at radius 2 is 1.86 bits per heavy atom. The molecule has 1 rings (SSSR count). The van der Waals surface area contributed by atoms with E-state index in [-0.39, 0.29) is 0 Å². The molecular weight excluding hydrogens is 272 g/mol. The molecule has 22 heavy (non-hydrogen) atoms. The van der Waals surface area contributed by atoms with Crippen LogP contribution in [0.3, 0.4) is 0 Å². The molecule has 4 nitrogen and oxygen atoms in total. The van der Waals surface area contributed by atoms with Crippen LogP contribution in [0.5, 0.6) is 0 Å². The largest absolute Gasteiger partial charge is 0.357 e. The van der Waals surface area contributed by atoms with Crippen molar-refractivity contribution in [3.63, 3.8) is 0 Å². The van der Waals surface area contributed by atoms with Gasteiger partial charge in [0.05, 0.1) is 6.54 Å². The topological polar surface area (TPSA) is 39.7 Å². The van der Waals surface area contributed by atoms with Crippen molar-refractivity contribution in [3.05, 3.63) is 35.9 Å². The molecule has 0 radical (unpaired) electrons. The van der Waals surface area contributed by atoms with E-state index in [0.717, 1.165) is 31.9 Å². The van der Waals surface area contributed by atoms with E-state index < -0.39 is 0 Å². The second-order valence-corrected chi connectivity index (χ2v) is 5.98. The van der Waals surface area contributed by atoms with Gasteiger partial charge in [0.1, 0.15) is 0 Å². The van der Waals surface area contributed by atoms with Crippen LogP contribution in [-0.2, 0) is 6.42 Å². The average molecular weight is 304 g/mol. The Morgan fingerprint density at radius 1 is 1.18 bits per heavy atom. The third-order valence-corrected chi connectivity index (χ3v) is 3.84. The van der Waals surface area contributed by atoms with Crippen molar-refractivity contribution in [2.75, 3.05) is 27.2 Å². The van der Waals surface area contributed by atoms with Crippen LogP contribution in [-0.4, -0.2) is 50.1 Å². The summed E-state index contributed by atoms with van der Waals surface area (Å²) in [5, 5.41) is 6.77. The van der Waals surface area contributed by atoms with E-state index in [0.29, 0.717) is 12.1 Å². The van der Waals surface area contributed by atoms with Gasteiger partial charge in [-0.15, -0.1) is 0 Å². The number of benzene rings is 1. The second kappa shape index (κ2) is 10.2. The van der Waals surface area contributed by atoms with E-state index in [1.807, 2.05) is 0 Å². The number of guanidine groups is 1. The minimum atomic E-state index is 0.398. The van der Waals surface area contributed by atoms with Gasteiger partial charge in [-0.25, -0.2) is 0 Å². The molecule has 0 saturated carbocycles. The van der Waals surface area contributed by atoms with Gasteiger partial charge < -0.3 is 15.5 Å². The quantitative estimate of drug-likeness (QED) is 0.573. The molecule has 2 unspecified atom stereocenters. The van der Waals surface area contributed by atoms with Gasteiger partial charge >= 0.3 is 0 Å². The minimum Gasteiger partial charge on any atom is -0.357 e. The van der Waals surface area contributed by atoms with Gasteiger partial charge in [-0.1, -0.05) is 37.3 Å². The molecule has 0 amide bonds. The molecule has 2 atom stereocenters. The zero-order valence-corrected chi connectivity index (χ0v) is 14.8. The van der Waals surface area contributed by atoms with Gasteiger partial charge in [-0.05, 0) is 46.3 Å². The number of hydrogen-bond donors (Lipinski definition) is 2. The average Bonchev–Trinajstić information content (AvgIpc) is 2.51. The molecule has 1 aromatic rings. The Hall–Kier alpha value is -1.55. The van der Waals surface area contributed by atoms with E-state index in [2.05, 4.69) is 80.7 Å². The highest BCUT2D eigenvalue weighted by molar-refractivity contribution is 5.80. The lowest BCUT2D eigenvalue weighted by Crippen LogP contribution is -2.43. The van der Waals surface area contributed by atoms with E-state index in [1.54, 1.807) is 0 Å². The summed E-state index contributed by atoms with van der Waals surface area (Å²) < 4.78 is 0. The van der Waals surface area contributed by atoms with Gasteiger partial charge in [0, 0.05) is 18.6 Å². The third kappa shape index (κ3) is 6.94. The maximum Gasteiger partial charge on any atom is 0.191 e. The minimum absolute atomic E-state index is 0.398. The Balaban J connectivity index is 2.69. The molecule has 0 aliphatic heterocycles. The number of rotatable bonds is 8. The van der Waals surface area contributed by atoms with Gasteiger partial charge in [0.25, 0.3) is 0 Å². The summed E-state index contributed by atoms with van der Waals surface area (Å²) in [5.41, 5.74) is 1.36. The van der Waals surface area contributed by atoms with Crippen molar-refractivity contribution in [3.8, 4) is 0 Å². The van der Waals surface area contributed by atoms with Crippen LogP contribution in [0.15, 0.2) is 35.3 Å². The summed E-state index contributed by atoms with van der Waals surface area (Å²) in [4.78, 5) is 7.03. The Bertz CT molecular complexity index is 428. The van der Waals surface area contributed by atoms with Crippen LogP contribution in [0.25, 0.3) is 0 Å². The van der Waals surface area contributed by atoms with Gasteiger partial charge in [-0.3, -0.25) is 4.99 Å². The highest BCUT2D eigenvalue weighted by Gasteiger charge is 2.12. The zero-order valence-electron chi connectivity index (χ0n) is 14.8. The molecule has 1 aromatic carbocycles. The zero-order chi connectivity index (χ0) is 16.4. The molecule has 0 aromatic heterocycles. The summed E-state index contributed by atoms with van der Waals surface area (Å²) in [5.74, 6) is 0.914. The summed E-state index contributed by atoms with van der Waals surface area (Å²) in [6, 6.07) is 11.5. The lowest BCUT2D eigenvalue weighted by atomic mass is 10.1. The number of nitrogens with one attached hydrogen (secondary N) is 2. The monoisotopic (exact) mass is 304 g/mol. The first-order chi connectivity index (χ1) is 10.6. The molecule has 2 N–H and O–H groups in total. The van der Waals surface area contributed by atoms with E-state index >= 15 is 0 Å². The van der Waals surface area contributed by atoms with Crippen LogP contribution in [0.1, 0.15) is 32.8 Å². The number of hydrogen-bond acceptors (Lipinski definition) is 2. The van der Waals surface area contributed by atoms with Crippen molar-refractivity contribution in [2.45, 2.75) is 45.7 Å². The van der Waals surface area contributed by atoms with E-state index in [1.165, 1.54) is 5.56 Å². The van der Waals surface area contributed by atoms with Crippen molar-refractivity contribution < 1.29 is 0 Å². The first kappa shape index (κ1) is 18.5. The molecule has 4 heteroatoms. The highest BCUT2D eigenvalue weighted by atomic mass is 15.2. The predicted molar refractivity (Wildman–Crippen MR) is 96.5 cm³/mol. The molecule has 0 aliphatic carbocycles. The smallest absolute Gasteiger partial charge is 0.191 e. The first-order valence-electron chi connectivity index (χ1n) is 8.32. The summed E-state index contributed by atoms with van der Waals surface area (Å²) >= 11 is 0. The Morgan fingerprint density at radius 3 is 2.41 bits per heavy atom. The summed E-state index contributed by atoms with van der Waals surface area (Å²) in [7, 11) is 4.25. The Labute approximate surface area is 136 Å². The van der Waals surface area contributed by atoms with Crippen molar-refractivity contribution in [1.29, 1.82) is 0 Å². The lowest BCUT2D eigenvalue weighted by molar-refractivity contribution is 0.298. The third-order valence-electron chi connectivity index (χ3n) is 3.84. The molecule has 0 fully saturated rings. The van der Waals surface area contributed by atoms with Crippen molar-refractivity contribution in [1.82, 2.24) is 15.5 Å². The lowest BCUT2D eigenvalue weighted by Gasteiger charge is -2.24. The number of nitrogens with zero attached hydrogens (tertiary/aromatic N) is 2. The maximum atomic E-state index is 4.77.